The average molecular weight is 373 g/mol. The molecule has 8 heteroatoms. The molecular weight excluding hydrogens is 356 g/mol. The molecule has 2 rings (SSSR count). The fraction of sp³-hybridized carbons (Fsp3) is 0.385. The standard InChI is InChI=1S/C13H17BrN4O2S/c1-8-5-9(7-10(14)6-8)11-16-17-12(21(15,19)20)18(11)13(2,3)4/h5-7H,1-4H3,(H2,15,19,20). The van der Waals surface area contributed by atoms with Crippen LogP contribution in [0.25, 0.3) is 11.4 Å². The van der Waals surface area contributed by atoms with Crippen molar-refractivity contribution in [2.45, 2.75) is 38.4 Å². The highest BCUT2D eigenvalue weighted by Gasteiger charge is 2.29. The summed E-state index contributed by atoms with van der Waals surface area (Å²) < 4.78 is 25.9. The van der Waals surface area contributed by atoms with Gasteiger partial charge in [-0.3, -0.25) is 4.57 Å². The minimum atomic E-state index is -3.95. The van der Waals surface area contributed by atoms with E-state index in [1.54, 1.807) is 4.57 Å². The summed E-state index contributed by atoms with van der Waals surface area (Å²) in [5, 5.41) is 12.8. The average Bonchev–Trinajstić information content (AvgIpc) is 2.70. The van der Waals surface area contributed by atoms with Gasteiger partial charge in [0.2, 0.25) is 0 Å². The Morgan fingerprint density at radius 2 is 1.81 bits per heavy atom. The van der Waals surface area contributed by atoms with Crippen LogP contribution >= 0.6 is 15.9 Å². The third-order valence-corrected chi connectivity index (χ3v) is 4.09. The van der Waals surface area contributed by atoms with Gasteiger partial charge in [-0.25, -0.2) is 13.6 Å². The van der Waals surface area contributed by atoms with Gasteiger partial charge in [-0.1, -0.05) is 15.9 Å². The second-order valence-corrected chi connectivity index (χ2v) is 8.25. The van der Waals surface area contributed by atoms with Gasteiger partial charge in [-0.15, -0.1) is 10.2 Å². The largest absolute Gasteiger partial charge is 0.291 e. The molecule has 114 valence electrons. The minimum absolute atomic E-state index is 0.234. The Hall–Kier alpha value is -1.25. The lowest BCUT2D eigenvalue weighted by Crippen LogP contribution is -2.29. The Labute approximate surface area is 132 Å². The second kappa shape index (κ2) is 5.19. The molecule has 0 fully saturated rings. The van der Waals surface area contributed by atoms with Crippen molar-refractivity contribution in [3.05, 3.63) is 28.2 Å². The number of halogens is 1. The van der Waals surface area contributed by atoms with Gasteiger partial charge in [0.05, 0.1) is 0 Å². The van der Waals surface area contributed by atoms with E-state index in [4.69, 9.17) is 5.14 Å². The quantitative estimate of drug-likeness (QED) is 0.875. The fourth-order valence-electron chi connectivity index (χ4n) is 2.11. The number of sulfonamides is 1. The second-order valence-electron chi connectivity index (χ2n) is 5.87. The number of nitrogens with zero attached hydrogens (tertiary/aromatic N) is 3. The fourth-order valence-corrected chi connectivity index (χ4v) is 3.49. The highest BCUT2D eigenvalue weighted by atomic mass is 79.9. The molecule has 0 radical (unpaired) electrons. The number of nitrogens with two attached hydrogens (primary N) is 1. The Morgan fingerprint density at radius 1 is 1.19 bits per heavy atom. The van der Waals surface area contributed by atoms with E-state index in [0.29, 0.717) is 5.82 Å². The van der Waals surface area contributed by atoms with E-state index >= 15 is 0 Å². The van der Waals surface area contributed by atoms with Crippen molar-refractivity contribution in [1.82, 2.24) is 14.8 Å². The van der Waals surface area contributed by atoms with E-state index in [1.807, 2.05) is 45.9 Å². The maximum absolute atomic E-state index is 11.7. The summed E-state index contributed by atoms with van der Waals surface area (Å²) >= 11 is 3.43. The molecule has 21 heavy (non-hydrogen) atoms. The summed E-state index contributed by atoms with van der Waals surface area (Å²) in [5.41, 5.74) is 1.27. The number of aryl methyl sites for hydroxylation is 1. The summed E-state index contributed by atoms with van der Waals surface area (Å²) in [6.45, 7) is 7.57. The van der Waals surface area contributed by atoms with Gasteiger partial charge in [0.15, 0.2) is 5.82 Å². The first-order valence-corrected chi connectivity index (χ1v) is 8.60. The van der Waals surface area contributed by atoms with Gasteiger partial charge in [-0.2, -0.15) is 0 Å². The normalized spacial score (nSPS) is 12.7. The Morgan fingerprint density at radius 3 is 2.29 bits per heavy atom. The summed E-state index contributed by atoms with van der Waals surface area (Å²) in [5.74, 6) is 0.468. The molecule has 1 aromatic heterocycles. The van der Waals surface area contributed by atoms with Crippen molar-refractivity contribution >= 4 is 26.0 Å². The zero-order chi connectivity index (χ0) is 16.0. The first kappa shape index (κ1) is 16.1. The topological polar surface area (TPSA) is 90.9 Å². The number of aromatic nitrogens is 3. The summed E-state index contributed by atoms with van der Waals surface area (Å²) in [6, 6.07) is 5.75. The molecule has 6 nitrogen and oxygen atoms in total. The van der Waals surface area contributed by atoms with Crippen LogP contribution in [0, 0.1) is 6.92 Å². The van der Waals surface area contributed by atoms with Gasteiger partial charge in [0, 0.05) is 15.6 Å². The molecule has 0 amide bonds. The predicted octanol–water partition coefficient (Wildman–Crippen LogP) is 2.42. The van der Waals surface area contributed by atoms with Crippen LogP contribution in [0.1, 0.15) is 26.3 Å². The third kappa shape index (κ3) is 3.33. The molecule has 0 aliphatic carbocycles. The molecule has 0 aliphatic heterocycles. The van der Waals surface area contributed by atoms with E-state index < -0.39 is 15.6 Å². The van der Waals surface area contributed by atoms with Gasteiger partial charge in [0.1, 0.15) is 0 Å². The van der Waals surface area contributed by atoms with E-state index in [9.17, 15) is 8.42 Å². The molecule has 2 aromatic rings. The number of hydrogen-bond donors (Lipinski definition) is 1. The smallest absolute Gasteiger partial charge is 0.273 e. The lowest BCUT2D eigenvalue weighted by Gasteiger charge is -2.24. The zero-order valence-corrected chi connectivity index (χ0v) is 14.7. The molecule has 2 N–H and O–H groups in total. The molecule has 1 aromatic carbocycles. The first-order chi connectivity index (χ1) is 9.50. The number of benzene rings is 1. The molecule has 0 bridgehead atoms. The van der Waals surface area contributed by atoms with Gasteiger partial charge in [-0.05, 0) is 51.5 Å². The molecule has 0 spiro atoms. The van der Waals surface area contributed by atoms with Crippen LogP contribution in [0.15, 0.2) is 27.8 Å². The van der Waals surface area contributed by atoms with Crippen molar-refractivity contribution < 1.29 is 8.42 Å². The monoisotopic (exact) mass is 372 g/mol. The van der Waals surface area contributed by atoms with Gasteiger partial charge in [0.25, 0.3) is 15.2 Å². The molecule has 0 unspecified atom stereocenters. The van der Waals surface area contributed by atoms with Crippen LogP contribution in [-0.4, -0.2) is 23.2 Å². The van der Waals surface area contributed by atoms with Crippen LogP contribution in [0.4, 0.5) is 0 Å². The Bertz CT molecular complexity index is 771. The maximum Gasteiger partial charge on any atom is 0.273 e. The molecule has 1 heterocycles. The number of primary sulfonamides is 1. The van der Waals surface area contributed by atoms with Crippen LogP contribution in [0.5, 0.6) is 0 Å². The first-order valence-electron chi connectivity index (χ1n) is 6.26. The highest BCUT2D eigenvalue weighted by molar-refractivity contribution is 9.10. The van der Waals surface area contributed by atoms with Crippen LogP contribution in [0.2, 0.25) is 0 Å². The Balaban J connectivity index is 2.79. The lowest BCUT2D eigenvalue weighted by atomic mass is 10.1. The molecule has 0 atom stereocenters. The Kier molecular flexibility index (Phi) is 3.98. The molecule has 0 aliphatic rings. The van der Waals surface area contributed by atoms with Gasteiger partial charge >= 0.3 is 0 Å². The van der Waals surface area contributed by atoms with Crippen molar-refractivity contribution in [3.8, 4) is 11.4 Å². The minimum Gasteiger partial charge on any atom is -0.291 e. The van der Waals surface area contributed by atoms with Crippen molar-refractivity contribution in [1.29, 1.82) is 0 Å². The van der Waals surface area contributed by atoms with Crippen LogP contribution in [-0.2, 0) is 15.6 Å². The van der Waals surface area contributed by atoms with Gasteiger partial charge < -0.3 is 0 Å². The predicted molar refractivity (Wildman–Crippen MR) is 84.3 cm³/mol. The number of rotatable bonds is 2. The SMILES string of the molecule is Cc1cc(Br)cc(-c2nnc(S(N)(=O)=O)n2C(C)(C)C)c1. The van der Waals surface area contributed by atoms with Crippen molar-refractivity contribution in [3.63, 3.8) is 0 Å². The summed E-state index contributed by atoms with van der Waals surface area (Å²) in [6.07, 6.45) is 0. The van der Waals surface area contributed by atoms with E-state index in [-0.39, 0.29) is 5.16 Å². The molecule has 0 saturated heterocycles. The summed E-state index contributed by atoms with van der Waals surface area (Å²) in [7, 11) is -3.95. The number of hydrogen-bond acceptors (Lipinski definition) is 4. The lowest BCUT2D eigenvalue weighted by molar-refractivity contribution is 0.366. The molecular formula is C13H17BrN4O2S. The highest BCUT2D eigenvalue weighted by Crippen LogP contribution is 2.29. The maximum atomic E-state index is 11.7. The summed E-state index contributed by atoms with van der Waals surface area (Å²) in [4.78, 5) is 0. The molecule has 0 saturated carbocycles. The van der Waals surface area contributed by atoms with E-state index in [1.165, 1.54) is 0 Å². The third-order valence-electron chi connectivity index (χ3n) is 2.86. The van der Waals surface area contributed by atoms with Crippen LogP contribution < -0.4 is 5.14 Å². The van der Waals surface area contributed by atoms with Crippen molar-refractivity contribution in [2.75, 3.05) is 0 Å². The van der Waals surface area contributed by atoms with E-state index in [0.717, 1.165) is 15.6 Å². The van der Waals surface area contributed by atoms with Crippen molar-refractivity contribution in [2.24, 2.45) is 5.14 Å². The zero-order valence-electron chi connectivity index (χ0n) is 12.3. The van der Waals surface area contributed by atoms with Crippen LogP contribution in [0.3, 0.4) is 0 Å². The van der Waals surface area contributed by atoms with E-state index in [2.05, 4.69) is 26.1 Å².